The highest BCUT2D eigenvalue weighted by Crippen LogP contribution is 2.12. The lowest BCUT2D eigenvalue weighted by atomic mass is 10.1. The molecule has 18 heavy (non-hydrogen) atoms. The van der Waals surface area contributed by atoms with Crippen LogP contribution in [0, 0.1) is 0 Å². The molecule has 94 valence electrons. The van der Waals surface area contributed by atoms with Crippen LogP contribution in [0.4, 0.5) is 0 Å². The first-order valence-corrected chi connectivity index (χ1v) is 6.46. The molecule has 0 amide bonds. The maximum atomic E-state index is 4.27. The molecule has 2 aromatic heterocycles. The van der Waals surface area contributed by atoms with Gasteiger partial charge in [-0.15, -0.1) is 5.10 Å². The summed E-state index contributed by atoms with van der Waals surface area (Å²) >= 11 is 0. The molecule has 0 bridgehead atoms. The van der Waals surface area contributed by atoms with Crippen molar-refractivity contribution in [3.05, 3.63) is 36.5 Å². The smallest absolute Gasteiger partial charge is 0.160 e. The van der Waals surface area contributed by atoms with Crippen LogP contribution in [0.1, 0.15) is 25.0 Å². The lowest BCUT2D eigenvalue weighted by Crippen LogP contribution is -2.21. The third kappa shape index (κ3) is 2.56. The minimum Gasteiger partial charge on any atom is -0.314 e. The van der Waals surface area contributed by atoms with Gasteiger partial charge in [-0.2, -0.15) is 5.10 Å². The molecule has 0 unspecified atom stereocenters. The van der Waals surface area contributed by atoms with E-state index in [4.69, 9.17) is 0 Å². The maximum Gasteiger partial charge on any atom is 0.160 e. The van der Waals surface area contributed by atoms with Gasteiger partial charge in [0.05, 0.1) is 5.69 Å². The number of aromatic nitrogens is 4. The number of rotatable bonds is 4. The molecular weight excluding hydrogens is 226 g/mol. The van der Waals surface area contributed by atoms with Gasteiger partial charge in [-0.3, -0.25) is 4.57 Å². The molecule has 1 fully saturated rings. The molecule has 0 aliphatic carbocycles. The number of nitrogens with zero attached hydrogens (tertiary/aromatic N) is 4. The molecule has 1 aliphatic heterocycles. The minimum absolute atomic E-state index is 0.667. The number of hydrogen-bond donors (Lipinski definition) is 1. The number of imidazole rings is 1. The Labute approximate surface area is 106 Å². The van der Waals surface area contributed by atoms with Gasteiger partial charge < -0.3 is 5.32 Å². The van der Waals surface area contributed by atoms with E-state index in [1.54, 1.807) is 12.5 Å². The molecule has 1 aliphatic rings. The molecule has 1 saturated heterocycles. The van der Waals surface area contributed by atoms with E-state index in [-0.39, 0.29) is 0 Å². The van der Waals surface area contributed by atoms with Gasteiger partial charge in [0.2, 0.25) is 0 Å². The molecular formula is C13H17N5. The lowest BCUT2D eigenvalue weighted by Gasteiger charge is -2.08. The van der Waals surface area contributed by atoms with Crippen LogP contribution in [0.5, 0.6) is 0 Å². The number of nitrogens with one attached hydrogen (secondary N) is 1. The molecule has 3 rings (SSSR count). The van der Waals surface area contributed by atoms with Crippen molar-refractivity contribution in [1.29, 1.82) is 0 Å². The van der Waals surface area contributed by atoms with Gasteiger partial charge in [0.1, 0.15) is 6.33 Å². The van der Waals surface area contributed by atoms with Crippen LogP contribution in [0.15, 0.2) is 30.9 Å². The first-order valence-electron chi connectivity index (χ1n) is 6.46. The Morgan fingerprint density at radius 3 is 3.00 bits per heavy atom. The van der Waals surface area contributed by atoms with E-state index in [2.05, 4.69) is 26.6 Å². The van der Waals surface area contributed by atoms with Crippen molar-refractivity contribution in [3.8, 4) is 5.82 Å². The Morgan fingerprint density at radius 1 is 1.33 bits per heavy atom. The second-order valence-electron chi connectivity index (χ2n) is 4.68. The van der Waals surface area contributed by atoms with E-state index in [0.717, 1.165) is 30.9 Å². The van der Waals surface area contributed by atoms with E-state index in [1.807, 2.05) is 16.8 Å². The van der Waals surface area contributed by atoms with Crippen LogP contribution in [0.2, 0.25) is 0 Å². The van der Waals surface area contributed by atoms with Crippen molar-refractivity contribution in [2.24, 2.45) is 0 Å². The Hall–Kier alpha value is -1.75. The van der Waals surface area contributed by atoms with E-state index in [9.17, 15) is 0 Å². The molecule has 0 spiro atoms. The summed E-state index contributed by atoms with van der Waals surface area (Å²) in [6.45, 7) is 1.16. The van der Waals surface area contributed by atoms with Crippen molar-refractivity contribution in [2.45, 2.75) is 31.7 Å². The third-order valence-electron chi connectivity index (χ3n) is 3.39. The first kappa shape index (κ1) is 11.3. The second-order valence-corrected chi connectivity index (χ2v) is 4.68. The van der Waals surface area contributed by atoms with Crippen molar-refractivity contribution in [2.75, 3.05) is 6.54 Å². The van der Waals surface area contributed by atoms with E-state index >= 15 is 0 Å². The van der Waals surface area contributed by atoms with Crippen LogP contribution in [-0.2, 0) is 6.42 Å². The zero-order chi connectivity index (χ0) is 12.2. The molecule has 0 radical (unpaired) electrons. The van der Waals surface area contributed by atoms with Crippen LogP contribution in [0.3, 0.4) is 0 Å². The number of aryl methyl sites for hydroxylation is 1. The highest BCUT2D eigenvalue weighted by atomic mass is 15.2. The summed E-state index contributed by atoms with van der Waals surface area (Å²) in [7, 11) is 0. The standard InChI is InChI=1S/C13H17N5/c1-2-11(15-7-1)3-4-12-5-6-13(17-16-12)18-9-8-14-10-18/h5-6,8-11,15H,1-4,7H2/t11-/m0/s1. The molecule has 1 N–H and O–H groups in total. The van der Waals surface area contributed by atoms with E-state index in [0.29, 0.717) is 6.04 Å². The predicted octanol–water partition coefficient (Wildman–Crippen LogP) is 1.35. The highest BCUT2D eigenvalue weighted by molar-refractivity contribution is 5.21. The van der Waals surface area contributed by atoms with Gasteiger partial charge in [-0.05, 0) is 44.4 Å². The molecule has 0 saturated carbocycles. The minimum atomic E-state index is 0.667. The van der Waals surface area contributed by atoms with Crippen LogP contribution in [-0.4, -0.2) is 32.3 Å². The lowest BCUT2D eigenvalue weighted by molar-refractivity contribution is 0.553. The van der Waals surface area contributed by atoms with Crippen molar-refractivity contribution >= 4 is 0 Å². The SMILES string of the molecule is c1cn(-c2ccc(CC[C@@H]3CCCN3)nn2)cn1. The first-order chi connectivity index (χ1) is 8.92. The number of hydrogen-bond acceptors (Lipinski definition) is 4. The van der Waals surface area contributed by atoms with Gasteiger partial charge in [0.15, 0.2) is 5.82 Å². The summed E-state index contributed by atoms with van der Waals surface area (Å²) in [6, 6.07) is 4.71. The van der Waals surface area contributed by atoms with Crippen molar-refractivity contribution in [3.63, 3.8) is 0 Å². The van der Waals surface area contributed by atoms with Crippen molar-refractivity contribution in [1.82, 2.24) is 25.1 Å². The Balaban J connectivity index is 1.60. The molecule has 5 heteroatoms. The fourth-order valence-corrected chi connectivity index (χ4v) is 2.34. The quantitative estimate of drug-likeness (QED) is 0.880. The fourth-order valence-electron chi connectivity index (χ4n) is 2.34. The van der Waals surface area contributed by atoms with E-state index < -0.39 is 0 Å². The second kappa shape index (κ2) is 5.27. The maximum absolute atomic E-state index is 4.27. The van der Waals surface area contributed by atoms with Gasteiger partial charge in [0.25, 0.3) is 0 Å². The fraction of sp³-hybridized carbons (Fsp3) is 0.462. The summed E-state index contributed by atoms with van der Waals surface area (Å²) in [5, 5.41) is 12.0. The topological polar surface area (TPSA) is 55.6 Å². The normalized spacial score (nSPS) is 19.2. The summed E-state index contributed by atoms with van der Waals surface area (Å²) in [6.07, 6.45) is 10.1. The van der Waals surface area contributed by atoms with Gasteiger partial charge in [0, 0.05) is 18.4 Å². The average Bonchev–Trinajstić information content (AvgIpc) is 3.10. The predicted molar refractivity (Wildman–Crippen MR) is 68.5 cm³/mol. The summed E-state index contributed by atoms with van der Waals surface area (Å²) in [5.41, 5.74) is 1.06. The molecule has 0 aromatic carbocycles. The van der Waals surface area contributed by atoms with Crippen LogP contribution >= 0.6 is 0 Å². The van der Waals surface area contributed by atoms with Crippen LogP contribution in [0.25, 0.3) is 5.82 Å². The van der Waals surface area contributed by atoms with Crippen LogP contribution < -0.4 is 5.32 Å². The molecule has 1 atom stereocenters. The Bertz CT molecular complexity index is 471. The zero-order valence-corrected chi connectivity index (χ0v) is 10.3. The Kier molecular flexibility index (Phi) is 3.32. The molecule has 2 aromatic rings. The highest BCUT2D eigenvalue weighted by Gasteiger charge is 2.13. The summed E-state index contributed by atoms with van der Waals surface area (Å²) in [5.74, 6) is 0.815. The third-order valence-corrected chi connectivity index (χ3v) is 3.39. The zero-order valence-electron chi connectivity index (χ0n) is 10.3. The van der Waals surface area contributed by atoms with Gasteiger partial charge >= 0.3 is 0 Å². The van der Waals surface area contributed by atoms with Crippen molar-refractivity contribution < 1.29 is 0 Å². The van der Waals surface area contributed by atoms with Gasteiger partial charge in [-0.25, -0.2) is 4.98 Å². The molecule has 3 heterocycles. The largest absolute Gasteiger partial charge is 0.314 e. The molecule has 5 nitrogen and oxygen atoms in total. The average molecular weight is 243 g/mol. The van der Waals surface area contributed by atoms with E-state index in [1.165, 1.54) is 12.8 Å². The van der Waals surface area contributed by atoms with Gasteiger partial charge in [-0.1, -0.05) is 0 Å². The summed E-state index contributed by atoms with van der Waals surface area (Å²) in [4.78, 5) is 4.00. The summed E-state index contributed by atoms with van der Waals surface area (Å²) < 4.78 is 1.86. The Morgan fingerprint density at radius 2 is 2.33 bits per heavy atom. The monoisotopic (exact) mass is 243 g/mol.